The average Bonchev–Trinajstić information content (AvgIpc) is 2.71. The van der Waals surface area contributed by atoms with Gasteiger partial charge in [-0.15, -0.1) is 0 Å². The van der Waals surface area contributed by atoms with Gasteiger partial charge in [-0.3, -0.25) is 0 Å². The van der Waals surface area contributed by atoms with Crippen molar-refractivity contribution in [1.29, 1.82) is 0 Å². The molecule has 0 aromatic rings. The van der Waals surface area contributed by atoms with Crippen molar-refractivity contribution in [3.05, 3.63) is 0 Å². The molecule has 0 bridgehead atoms. The molecule has 0 saturated carbocycles. The van der Waals surface area contributed by atoms with Crippen molar-refractivity contribution in [2.75, 3.05) is 39.8 Å². The van der Waals surface area contributed by atoms with Gasteiger partial charge in [0.2, 0.25) is 0 Å². The lowest BCUT2D eigenvalue weighted by atomic mass is 9.98. The minimum absolute atomic E-state index is 0.469. The SMILES string of the molecule is CNCC1CCN(S(=O)(=O)N2CC(C)C(C)C2)CC1. The first kappa shape index (κ1) is 15.2. The molecule has 0 spiro atoms. The van der Waals surface area contributed by atoms with E-state index in [0.717, 1.165) is 19.4 Å². The van der Waals surface area contributed by atoms with E-state index in [1.807, 2.05) is 7.05 Å². The summed E-state index contributed by atoms with van der Waals surface area (Å²) in [4.78, 5) is 0. The van der Waals surface area contributed by atoms with Gasteiger partial charge in [-0.2, -0.15) is 17.0 Å². The van der Waals surface area contributed by atoms with E-state index in [0.29, 0.717) is 43.9 Å². The molecule has 5 nitrogen and oxygen atoms in total. The second kappa shape index (κ2) is 6.08. The Morgan fingerprint density at radius 3 is 2.05 bits per heavy atom. The van der Waals surface area contributed by atoms with E-state index in [2.05, 4.69) is 19.2 Å². The van der Waals surface area contributed by atoms with Crippen LogP contribution in [0.25, 0.3) is 0 Å². The van der Waals surface area contributed by atoms with Crippen LogP contribution in [0.2, 0.25) is 0 Å². The molecule has 0 amide bonds. The van der Waals surface area contributed by atoms with E-state index < -0.39 is 10.2 Å². The number of rotatable bonds is 4. The van der Waals surface area contributed by atoms with E-state index in [4.69, 9.17) is 0 Å². The fourth-order valence-electron chi connectivity index (χ4n) is 3.06. The molecule has 19 heavy (non-hydrogen) atoms. The van der Waals surface area contributed by atoms with Crippen LogP contribution in [0.5, 0.6) is 0 Å². The topological polar surface area (TPSA) is 52.7 Å². The molecule has 112 valence electrons. The van der Waals surface area contributed by atoms with Crippen molar-refractivity contribution >= 4 is 10.2 Å². The number of nitrogens with one attached hydrogen (secondary N) is 1. The maximum atomic E-state index is 12.6. The maximum absolute atomic E-state index is 12.6. The zero-order valence-corrected chi connectivity index (χ0v) is 13.1. The van der Waals surface area contributed by atoms with E-state index in [9.17, 15) is 8.42 Å². The molecular weight excluding hydrogens is 262 g/mol. The summed E-state index contributed by atoms with van der Waals surface area (Å²) in [6, 6.07) is 0. The molecule has 2 aliphatic heterocycles. The number of nitrogens with zero attached hydrogens (tertiary/aromatic N) is 2. The number of hydrogen-bond acceptors (Lipinski definition) is 3. The molecular formula is C13H27N3O2S. The average molecular weight is 289 g/mol. The van der Waals surface area contributed by atoms with Crippen LogP contribution in [0.15, 0.2) is 0 Å². The second-order valence-corrected chi connectivity index (χ2v) is 8.11. The van der Waals surface area contributed by atoms with Gasteiger partial charge in [0.05, 0.1) is 0 Å². The summed E-state index contributed by atoms with van der Waals surface area (Å²) in [7, 11) is -1.27. The van der Waals surface area contributed by atoms with Gasteiger partial charge in [0.15, 0.2) is 0 Å². The van der Waals surface area contributed by atoms with Crippen LogP contribution in [0.3, 0.4) is 0 Å². The van der Waals surface area contributed by atoms with E-state index >= 15 is 0 Å². The molecule has 2 unspecified atom stereocenters. The minimum atomic E-state index is -3.22. The summed E-state index contributed by atoms with van der Waals surface area (Å²) < 4.78 is 28.5. The van der Waals surface area contributed by atoms with E-state index in [1.165, 1.54) is 0 Å². The Balaban J connectivity index is 1.95. The Bertz CT molecular complexity index is 381. The Hall–Kier alpha value is -0.170. The smallest absolute Gasteiger partial charge is 0.281 e. The van der Waals surface area contributed by atoms with Crippen LogP contribution in [0, 0.1) is 17.8 Å². The van der Waals surface area contributed by atoms with Crippen LogP contribution in [-0.2, 0) is 10.2 Å². The highest BCUT2D eigenvalue weighted by molar-refractivity contribution is 7.86. The third-order valence-corrected chi connectivity index (χ3v) is 6.64. The molecule has 0 radical (unpaired) electrons. The first-order valence-corrected chi connectivity index (χ1v) is 8.74. The highest BCUT2D eigenvalue weighted by atomic mass is 32.2. The highest BCUT2D eigenvalue weighted by Gasteiger charge is 2.38. The van der Waals surface area contributed by atoms with Gasteiger partial charge in [0, 0.05) is 26.2 Å². The zero-order valence-electron chi connectivity index (χ0n) is 12.3. The first-order chi connectivity index (χ1) is 8.95. The Morgan fingerprint density at radius 2 is 1.58 bits per heavy atom. The zero-order chi connectivity index (χ0) is 14.0. The van der Waals surface area contributed by atoms with Crippen molar-refractivity contribution in [1.82, 2.24) is 13.9 Å². The molecule has 0 aromatic heterocycles. The summed E-state index contributed by atoms with van der Waals surface area (Å²) in [6.45, 7) is 7.98. The van der Waals surface area contributed by atoms with Crippen LogP contribution >= 0.6 is 0 Å². The van der Waals surface area contributed by atoms with Crippen molar-refractivity contribution in [3.8, 4) is 0 Å². The van der Waals surface area contributed by atoms with Gasteiger partial charge < -0.3 is 5.32 Å². The molecule has 1 N–H and O–H groups in total. The van der Waals surface area contributed by atoms with Gasteiger partial charge >= 0.3 is 0 Å². The van der Waals surface area contributed by atoms with Gasteiger partial charge in [-0.05, 0) is 44.2 Å². The lowest BCUT2D eigenvalue weighted by Gasteiger charge is -2.33. The molecule has 2 heterocycles. The molecule has 0 aromatic carbocycles. The monoisotopic (exact) mass is 289 g/mol. The summed E-state index contributed by atoms with van der Waals surface area (Å²) >= 11 is 0. The van der Waals surface area contributed by atoms with Crippen molar-refractivity contribution in [2.24, 2.45) is 17.8 Å². The third-order valence-electron chi connectivity index (χ3n) is 4.67. The summed E-state index contributed by atoms with van der Waals surface area (Å²) in [5, 5.41) is 3.18. The van der Waals surface area contributed by atoms with Gasteiger partial charge in [0.25, 0.3) is 10.2 Å². The predicted molar refractivity (Wildman–Crippen MR) is 77.0 cm³/mol. The second-order valence-electron chi connectivity index (χ2n) is 6.18. The van der Waals surface area contributed by atoms with Gasteiger partial charge in [-0.1, -0.05) is 13.8 Å². The molecule has 2 atom stereocenters. The largest absolute Gasteiger partial charge is 0.319 e. The van der Waals surface area contributed by atoms with Gasteiger partial charge in [0.1, 0.15) is 0 Å². The fourth-order valence-corrected chi connectivity index (χ4v) is 4.91. The van der Waals surface area contributed by atoms with E-state index in [-0.39, 0.29) is 0 Å². The number of hydrogen-bond donors (Lipinski definition) is 1. The van der Waals surface area contributed by atoms with Crippen LogP contribution in [-0.4, -0.2) is 56.8 Å². The first-order valence-electron chi connectivity index (χ1n) is 7.35. The van der Waals surface area contributed by atoms with Crippen molar-refractivity contribution < 1.29 is 8.42 Å². The quantitative estimate of drug-likeness (QED) is 0.831. The molecule has 2 rings (SSSR count). The van der Waals surface area contributed by atoms with Crippen LogP contribution in [0.4, 0.5) is 0 Å². The number of piperidine rings is 1. The predicted octanol–water partition coefficient (Wildman–Crippen LogP) is 0.750. The highest BCUT2D eigenvalue weighted by Crippen LogP contribution is 2.28. The molecule has 0 aliphatic carbocycles. The van der Waals surface area contributed by atoms with Crippen molar-refractivity contribution in [3.63, 3.8) is 0 Å². The Labute approximate surface area is 117 Å². The van der Waals surface area contributed by atoms with Gasteiger partial charge in [-0.25, -0.2) is 0 Å². The molecule has 2 aliphatic rings. The minimum Gasteiger partial charge on any atom is -0.319 e. The normalized spacial score (nSPS) is 31.9. The Kier molecular flexibility index (Phi) is 4.87. The lowest BCUT2D eigenvalue weighted by Crippen LogP contribution is -2.47. The Morgan fingerprint density at radius 1 is 1.05 bits per heavy atom. The lowest BCUT2D eigenvalue weighted by molar-refractivity contribution is 0.255. The molecule has 2 saturated heterocycles. The van der Waals surface area contributed by atoms with Crippen molar-refractivity contribution in [2.45, 2.75) is 26.7 Å². The van der Waals surface area contributed by atoms with E-state index in [1.54, 1.807) is 8.61 Å². The maximum Gasteiger partial charge on any atom is 0.281 e. The molecule has 2 fully saturated rings. The summed E-state index contributed by atoms with van der Waals surface area (Å²) in [5.74, 6) is 1.56. The summed E-state index contributed by atoms with van der Waals surface area (Å²) in [5.41, 5.74) is 0. The van der Waals surface area contributed by atoms with Crippen LogP contribution < -0.4 is 5.32 Å². The molecule has 6 heteroatoms. The van der Waals surface area contributed by atoms with Crippen LogP contribution in [0.1, 0.15) is 26.7 Å². The third kappa shape index (κ3) is 3.29. The fraction of sp³-hybridized carbons (Fsp3) is 1.00. The summed E-state index contributed by atoms with van der Waals surface area (Å²) in [6.07, 6.45) is 1.94. The standard InChI is InChI=1S/C13H27N3O2S/c1-11-9-16(10-12(11)2)19(17,18)15-6-4-13(5-7-15)8-14-3/h11-14H,4-10H2,1-3H3.